The fourth-order valence-corrected chi connectivity index (χ4v) is 4.18. The van der Waals surface area contributed by atoms with Gasteiger partial charge in [0, 0.05) is 34.6 Å². The minimum absolute atomic E-state index is 0.120. The molecule has 3 amide bonds. The molecule has 6 nitrogen and oxygen atoms in total. The molecule has 1 saturated heterocycles. The molecule has 0 spiro atoms. The Balaban J connectivity index is 1.45. The molecule has 1 fully saturated rings. The number of halogens is 2. The predicted molar refractivity (Wildman–Crippen MR) is 121 cm³/mol. The third-order valence-electron chi connectivity index (χ3n) is 5.35. The highest BCUT2D eigenvalue weighted by Crippen LogP contribution is 2.24. The van der Waals surface area contributed by atoms with Gasteiger partial charge in [-0.3, -0.25) is 4.79 Å². The first-order valence-electron chi connectivity index (χ1n) is 9.95. The summed E-state index contributed by atoms with van der Waals surface area (Å²) in [5.41, 5.74) is 2.77. The van der Waals surface area contributed by atoms with Crippen LogP contribution in [0, 0.1) is 0 Å². The molecule has 0 saturated carbocycles. The van der Waals surface area contributed by atoms with E-state index in [1.807, 2.05) is 53.4 Å². The number of hydrogen-bond donors (Lipinski definition) is 1. The molecule has 2 heterocycles. The fraction of sp³-hybridized carbons (Fsp3) is 0.318. The summed E-state index contributed by atoms with van der Waals surface area (Å²) in [6, 6.07) is 14.9. The predicted octanol–water partition coefficient (Wildman–Crippen LogP) is 4.07. The molecule has 2 aromatic carbocycles. The smallest absolute Gasteiger partial charge is 0.336 e. The van der Waals surface area contributed by atoms with E-state index >= 15 is 0 Å². The Morgan fingerprint density at radius 1 is 1.17 bits per heavy atom. The summed E-state index contributed by atoms with van der Waals surface area (Å²) in [4.78, 5) is 26.9. The summed E-state index contributed by atoms with van der Waals surface area (Å²) < 4.78 is 0.968. The Kier molecular flexibility index (Phi) is 6.39. The zero-order valence-corrected chi connectivity index (χ0v) is 18.7. The van der Waals surface area contributed by atoms with Gasteiger partial charge < -0.3 is 10.2 Å². The van der Waals surface area contributed by atoms with E-state index in [0.29, 0.717) is 37.5 Å². The van der Waals surface area contributed by atoms with Gasteiger partial charge in [0.1, 0.15) is 0 Å². The highest BCUT2D eigenvalue weighted by Gasteiger charge is 2.38. The van der Waals surface area contributed by atoms with Gasteiger partial charge in [0.2, 0.25) is 5.91 Å². The van der Waals surface area contributed by atoms with Crippen LogP contribution in [-0.4, -0.2) is 53.2 Å². The molecule has 30 heavy (non-hydrogen) atoms. The first-order chi connectivity index (χ1) is 14.5. The normalized spacial score (nSPS) is 18.7. The maximum atomic E-state index is 12.7. The van der Waals surface area contributed by atoms with Gasteiger partial charge in [0.05, 0.1) is 18.3 Å². The lowest BCUT2D eigenvalue weighted by atomic mass is 10.0. The van der Waals surface area contributed by atoms with Crippen molar-refractivity contribution in [2.45, 2.75) is 25.3 Å². The van der Waals surface area contributed by atoms with Gasteiger partial charge >= 0.3 is 6.03 Å². The second-order valence-corrected chi connectivity index (χ2v) is 8.74. The minimum Gasteiger partial charge on any atom is -0.336 e. The van der Waals surface area contributed by atoms with Gasteiger partial charge in [0.15, 0.2) is 0 Å². The van der Waals surface area contributed by atoms with Crippen LogP contribution in [-0.2, 0) is 11.2 Å². The lowest BCUT2D eigenvalue weighted by Gasteiger charge is -2.25. The zero-order chi connectivity index (χ0) is 21.1. The molecule has 1 N–H and O–H groups in total. The Labute approximate surface area is 189 Å². The molecular weight excluding hydrogens is 468 g/mol. The summed E-state index contributed by atoms with van der Waals surface area (Å²) in [6.45, 7) is 1.56. The number of carbonyl (C=O) groups excluding carboxylic acids is 2. The van der Waals surface area contributed by atoms with Crippen molar-refractivity contribution in [1.82, 2.24) is 15.2 Å². The second-order valence-electron chi connectivity index (χ2n) is 7.39. The summed E-state index contributed by atoms with van der Waals surface area (Å²) in [6.07, 6.45) is 2.10. The van der Waals surface area contributed by atoms with Crippen LogP contribution in [0.25, 0.3) is 0 Å². The van der Waals surface area contributed by atoms with Crippen molar-refractivity contribution in [1.29, 1.82) is 0 Å². The number of rotatable bonds is 5. The summed E-state index contributed by atoms with van der Waals surface area (Å²) in [5, 5.41) is 9.66. The van der Waals surface area contributed by atoms with Crippen LogP contribution in [0.15, 0.2) is 58.1 Å². The lowest BCUT2D eigenvalue weighted by Crippen LogP contribution is -2.46. The van der Waals surface area contributed by atoms with E-state index < -0.39 is 0 Å². The van der Waals surface area contributed by atoms with Crippen LogP contribution in [0.1, 0.15) is 24.0 Å². The Bertz CT molecular complexity index is 962. The number of nitrogens with one attached hydrogen (secondary N) is 1. The molecule has 2 aromatic rings. The molecule has 1 atom stereocenters. The van der Waals surface area contributed by atoms with Gasteiger partial charge in [0.25, 0.3) is 0 Å². The number of benzene rings is 2. The topological polar surface area (TPSA) is 65.0 Å². The van der Waals surface area contributed by atoms with E-state index in [4.69, 9.17) is 11.6 Å². The molecule has 0 bridgehead atoms. The van der Waals surface area contributed by atoms with Crippen LogP contribution in [0.5, 0.6) is 0 Å². The Hall–Kier alpha value is -2.38. The van der Waals surface area contributed by atoms with Gasteiger partial charge in [-0.05, 0) is 42.7 Å². The van der Waals surface area contributed by atoms with Crippen molar-refractivity contribution in [2.24, 2.45) is 5.10 Å². The summed E-state index contributed by atoms with van der Waals surface area (Å²) >= 11 is 9.36. The monoisotopic (exact) mass is 488 g/mol. The number of urea groups is 1. The van der Waals surface area contributed by atoms with Crippen molar-refractivity contribution in [3.05, 3.63) is 69.2 Å². The Morgan fingerprint density at radius 2 is 1.90 bits per heavy atom. The van der Waals surface area contributed by atoms with Crippen molar-refractivity contribution in [3.8, 4) is 0 Å². The maximum Gasteiger partial charge on any atom is 0.337 e. The van der Waals surface area contributed by atoms with E-state index in [9.17, 15) is 9.59 Å². The number of amides is 3. The van der Waals surface area contributed by atoms with Gasteiger partial charge in [-0.2, -0.15) is 5.10 Å². The van der Waals surface area contributed by atoms with Crippen molar-refractivity contribution < 1.29 is 9.59 Å². The van der Waals surface area contributed by atoms with E-state index in [2.05, 4.69) is 26.3 Å². The number of nitrogens with zero attached hydrogens (tertiary/aromatic N) is 3. The average Bonchev–Trinajstić information content (AvgIpc) is 3.36. The number of likely N-dealkylation sites (tertiary alicyclic amines) is 1. The molecule has 156 valence electrons. The van der Waals surface area contributed by atoms with Crippen molar-refractivity contribution >= 4 is 45.2 Å². The minimum atomic E-state index is -0.257. The maximum absolute atomic E-state index is 12.7. The average molecular weight is 490 g/mol. The van der Waals surface area contributed by atoms with Gasteiger partial charge in [-0.25, -0.2) is 9.80 Å². The highest BCUT2D eigenvalue weighted by molar-refractivity contribution is 9.10. The third kappa shape index (κ3) is 4.68. The molecule has 8 heteroatoms. The van der Waals surface area contributed by atoms with E-state index in [0.717, 1.165) is 27.7 Å². The first-order valence-corrected chi connectivity index (χ1v) is 11.1. The van der Waals surface area contributed by atoms with E-state index in [-0.39, 0.29) is 18.0 Å². The van der Waals surface area contributed by atoms with Crippen LogP contribution in [0.2, 0.25) is 5.02 Å². The SMILES string of the molecule is O=C(NCCc1ccc(Cl)cc1)N1CC(N2CCCC2=O)C(c2ccc(Br)cc2)=N1. The largest absolute Gasteiger partial charge is 0.337 e. The second kappa shape index (κ2) is 9.18. The molecule has 4 rings (SSSR count). The number of carbonyl (C=O) groups is 2. The summed E-state index contributed by atoms with van der Waals surface area (Å²) in [5.74, 6) is 0.120. The number of hydrogen-bond acceptors (Lipinski definition) is 3. The standard InChI is InChI=1S/C22H22BrClN4O2/c23-17-7-5-16(6-8-17)21-19(27-13-1-2-20(27)29)14-28(26-21)22(30)25-12-11-15-3-9-18(24)10-4-15/h3-10,19H,1-2,11-14H2,(H,25,30). The molecule has 0 radical (unpaired) electrons. The van der Waals surface area contributed by atoms with Gasteiger partial charge in [-0.1, -0.05) is 51.8 Å². The van der Waals surface area contributed by atoms with E-state index in [1.165, 1.54) is 5.01 Å². The number of hydrazone groups is 1. The van der Waals surface area contributed by atoms with E-state index in [1.54, 1.807) is 0 Å². The first kappa shape index (κ1) is 20.9. The van der Waals surface area contributed by atoms with Crippen LogP contribution < -0.4 is 5.32 Å². The molecule has 0 aromatic heterocycles. The highest BCUT2D eigenvalue weighted by atomic mass is 79.9. The quantitative estimate of drug-likeness (QED) is 0.688. The third-order valence-corrected chi connectivity index (χ3v) is 6.13. The van der Waals surface area contributed by atoms with Gasteiger partial charge in [-0.15, -0.1) is 0 Å². The molecule has 0 aliphatic carbocycles. The fourth-order valence-electron chi connectivity index (χ4n) is 3.79. The molecular formula is C22H22BrClN4O2. The van der Waals surface area contributed by atoms with Crippen molar-refractivity contribution in [2.75, 3.05) is 19.6 Å². The van der Waals surface area contributed by atoms with Crippen LogP contribution >= 0.6 is 27.5 Å². The molecule has 2 aliphatic heterocycles. The molecule has 1 unspecified atom stereocenters. The molecule has 2 aliphatic rings. The van der Waals surface area contributed by atoms with Crippen LogP contribution in [0.4, 0.5) is 4.79 Å². The van der Waals surface area contributed by atoms with Crippen LogP contribution in [0.3, 0.4) is 0 Å². The van der Waals surface area contributed by atoms with Crippen molar-refractivity contribution in [3.63, 3.8) is 0 Å². The summed E-state index contributed by atoms with van der Waals surface area (Å²) in [7, 11) is 0. The Morgan fingerprint density at radius 3 is 2.57 bits per heavy atom. The lowest BCUT2D eigenvalue weighted by molar-refractivity contribution is -0.128. The zero-order valence-electron chi connectivity index (χ0n) is 16.4.